The van der Waals surface area contributed by atoms with E-state index in [4.69, 9.17) is 10.8 Å². The fourth-order valence-corrected chi connectivity index (χ4v) is 2.01. The summed E-state index contributed by atoms with van der Waals surface area (Å²) < 4.78 is 0. The molecular formula is C10H18N2O3. The molecule has 0 saturated heterocycles. The molecule has 4 N–H and O–H groups in total. The number of carbonyl (C=O) groups excluding carboxylic acids is 1. The number of carboxylic acids is 1. The molecule has 0 aromatic rings. The number of nitrogens with two attached hydrogens (primary N) is 1. The lowest BCUT2D eigenvalue weighted by Gasteiger charge is -2.25. The van der Waals surface area contributed by atoms with E-state index in [0.29, 0.717) is 5.92 Å². The molecule has 0 spiro atoms. The van der Waals surface area contributed by atoms with Crippen LogP contribution >= 0.6 is 0 Å². The van der Waals surface area contributed by atoms with E-state index in [1.807, 2.05) is 0 Å². The maximum Gasteiger partial charge on any atom is 0.306 e. The third-order valence-corrected chi connectivity index (χ3v) is 2.93. The molecule has 0 atom stereocenters. The summed E-state index contributed by atoms with van der Waals surface area (Å²) in [5.74, 6) is -0.717. The summed E-state index contributed by atoms with van der Waals surface area (Å²) in [6.45, 7) is 0.966. The maximum absolute atomic E-state index is 10.7. The van der Waals surface area contributed by atoms with Crippen LogP contribution in [-0.4, -0.2) is 30.1 Å². The van der Waals surface area contributed by atoms with Crippen molar-refractivity contribution in [1.29, 1.82) is 0 Å². The van der Waals surface area contributed by atoms with E-state index in [9.17, 15) is 9.59 Å². The second kappa shape index (κ2) is 5.70. The number of amides is 1. The molecule has 1 saturated carbocycles. The maximum atomic E-state index is 10.7. The second-order valence-electron chi connectivity index (χ2n) is 4.15. The highest BCUT2D eigenvalue weighted by atomic mass is 16.4. The van der Waals surface area contributed by atoms with E-state index >= 15 is 0 Å². The van der Waals surface area contributed by atoms with Gasteiger partial charge in [-0.2, -0.15) is 0 Å². The lowest BCUT2D eigenvalue weighted by atomic mass is 9.82. The Balaban J connectivity index is 2.14. The molecule has 1 amide bonds. The van der Waals surface area contributed by atoms with Crippen molar-refractivity contribution in [2.75, 3.05) is 13.1 Å². The minimum absolute atomic E-state index is 0.169. The number of nitrogens with one attached hydrogen (secondary N) is 1. The van der Waals surface area contributed by atoms with Crippen molar-refractivity contribution in [3.8, 4) is 0 Å². The minimum atomic E-state index is -0.682. The van der Waals surface area contributed by atoms with Gasteiger partial charge in [-0.3, -0.25) is 9.59 Å². The smallest absolute Gasteiger partial charge is 0.306 e. The highest BCUT2D eigenvalue weighted by Gasteiger charge is 2.25. The first-order chi connectivity index (χ1) is 7.09. The molecule has 0 bridgehead atoms. The van der Waals surface area contributed by atoms with E-state index < -0.39 is 5.97 Å². The monoisotopic (exact) mass is 214 g/mol. The third-order valence-electron chi connectivity index (χ3n) is 2.93. The van der Waals surface area contributed by atoms with Gasteiger partial charge < -0.3 is 16.2 Å². The van der Waals surface area contributed by atoms with Crippen molar-refractivity contribution in [3.63, 3.8) is 0 Å². The fourth-order valence-electron chi connectivity index (χ4n) is 2.01. The summed E-state index contributed by atoms with van der Waals surface area (Å²) in [6, 6.07) is 0. The Hall–Kier alpha value is -1.10. The topological polar surface area (TPSA) is 92.4 Å². The van der Waals surface area contributed by atoms with Gasteiger partial charge in [-0.1, -0.05) is 0 Å². The summed E-state index contributed by atoms with van der Waals surface area (Å²) >= 11 is 0. The van der Waals surface area contributed by atoms with Crippen LogP contribution in [0.25, 0.3) is 0 Å². The zero-order valence-corrected chi connectivity index (χ0v) is 8.74. The predicted octanol–water partition coefficient (Wildman–Crippen LogP) is -0.0477. The van der Waals surface area contributed by atoms with Crippen LogP contribution in [0.3, 0.4) is 0 Å². The van der Waals surface area contributed by atoms with Crippen LogP contribution in [0.15, 0.2) is 0 Å². The summed E-state index contributed by atoms with van der Waals surface area (Å²) in [5, 5.41) is 11.8. The molecule has 0 aliphatic heterocycles. The van der Waals surface area contributed by atoms with Crippen molar-refractivity contribution in [1.82, 2.24) is 5.32 Å². The van der Waals surface area contributed by atoms with Gasteiger partial charge in [0.05, 0.1) is 12.5 Å². The molecule has 1 fully saturated rings. The van der Waals surface area contributed by atoms with Crippen LogP contribution in [0.5, 0.6) is 0 Å². The molecule has 1 aliphatic carbocycles. The molecule has 5 nitrogen and oxygen atoms in total. The lowest BCUT2D eigenvalue weighted by molar-refractivity contribution is -0.143. The summed E-state index contributed by atoms with van der Waals surface area (Å²) in [4.78, 5) is 21.2. The Morgan fingerprint density at radius 1 is 1.27 bits per heavy atom. The van der Waals surface area contributed by atoms with Crippen molar-refractivity contribution >= 4 is 11.9 Å². The standard InChI is InChI=1S/C10H18N2O3/c11-9(13)6-12-5-7-1-3-8(4-2-7)10(14)15/h7-8,12H,1-6H2,(H2,11,13)(H,14,15). The van der Waals surface area contributed by atoms with Crippen LogP contribution in [0.1, 0.15) is 25.7 Å². The van der Waals surface area contributed by atoms with E-state index in [-0.39, 0.29) is 18.4 Å². The molecule has 0 aromatic carbocycles. The first-order valence-corrected chi connectivity index (χ1v) is 5.31. The highest BCUT2D eigenvalue weighted by Crippen LogP contribution is 2.28. The van der Waals surface area contributed by atoms with Gasteiger partial charge in [0, 0.05) is 0 Å². The zero-order valence-electron chi connectivity index (χ0n) is 8.74. The summed E-state index contributed by atoms with van der Waals surface area (Å²) in [6.07, 6.45) is 3.34. The Morgan fingerprint density at radius 3 is 2.33 bits per heavy atom. The quantitative estimate of drug-likeness (QED) is 0.598. The number of carboxylic acid groups (broad SMARTS) is 1. The van der Waals surface area contributed by atoms with E-state index in [0.717, 1.165) is 32.2 Å². The van der Waals surface area contributed by atoms with Crippen molar-refractivity contribution in [2.24, 2.45) is 17.6 Å². The molecule has 1 rings (SSSR count). The molecule has 1 aliphatic rings. The zero-order chi connectivity index (χ0) is 11.3. The van der Waals surface area contributed by atoms with Crippen molar-refractivity contribution in [3.05, 3.63) is 0 Å². The van der Waals surface area contributed by atoms with Crippen LogP contribution in [0.2, 0.25) is 0 Å². The van der Waals surface area contributed by atoms with Gasteiger partial charge in [-0.05, 0) is 38.1 Å². The van der Waals surface area contributed by atoms with E-state index in [1.54, 1.807) is 0 Å². The number of hydrogen-bond donors (Lipinski definition) is 3. The van der Waals surface area contributed by atoms with Crippen LogP contribution < -0.4 is 11.1 Å². The van der Waals surface area contributed by atoms with Gasteiger partial charge in [-0.25, -0.2) is 0 Å². The minimum Gasteiger partial charge on any atom is -0.481 e. The van der Waals surface area contributed by atoms with Crippen LogP contribution in [-0.2, 0) is 9.59 Å². The molecular weight excluding hydrogens is 196 g/mol. The molecule has 0 heterocycles. The summed E-state index contributed by atoms with van der Waals surface area (Å²) in [5.41, 5.74) is 4.99. The summed E-state index contributed by atoms with van der Waals surface area (Å²) in [7, 11) is 0. The van der Waals surface area contributed by atoms with Gasteiger partial charge in [0.1, 0.15) is 0 Å². The first-order valence-electron chi connectivity index (χ1n) is 5.31. The first kappa shape index (κ1) is 12.0. The molecule has 5 heteroatoms. The van der Waals surface area contributed by atoms with Gasteiger partial charge in [0.25, 0.3) is 0 Å². The normalized spacial score (nSPS) is 26.1. The molecule has 86 valence electrons. The predicted molar refractivity (Wildman–Crippen MR) is 55.1 cm³/mol. The molecule has 0 unspecified atom stereocenters. The largest absolute Gasteiger partial charge is 0.481 e. The number of rotatable bonds is 5. The van der Waals surface area contributed by atoms with Gasteiger partial charge in [0.2, 0.25) is 5.91 Å². The Kier molecular flexibility index (Phi) is 4.55. The van der Waals surface area contributed by atoms with Gasteiger partial charge >= 0.3 is 5.97 Å². The van der Waals surface area contributed by atoms with Crippen LogP contribution in [0.4, 0.5) is 0 Å². The number of hydrogen-bond acceptors (Lipinski definition) is 3. The van der Waals surface area contributed by atoms with Crippen molar-refractivity contribution < 1.29 is 14.7 Å². The van der Waals surface area contributed by atoms with Gasteiger partial charge in [-0.15, -0.1) is 0 Å². The van der Waals surface area contributed by atoms with E-state index in [2.05, 4.69) is 5.32 Å². The number of carbonyl (C=O) groups is 2. The van der Waals surface area contributed by atoms with E-state index in [1.165, 1.54) is 0 Å². The Morgan fingerprint density at radius 2 is 1.87 bits per heavy atom. The van der Waals surface area contributed by atoms with Crippen LogP contribution in [0, 0.1) is 11.8 Å². The lowest BCUT2D eigenvalue weighted by Crippen LogP contribution is -2.34. The highest BCUT2D eigenvalue weighted by molar-refractivity contribution is 5.75. The Bertz CT molecular complexity index is 232. The Labute approximate surface area is 89.0 Å². The average molecular weight is 214 g/mol. The third kappa shape index (κ3) is 4.29. The molecule has 15 heavy (non-hydrogen) atoms. The fraction of sp³-hybridized carbons (Fsp3) is 0.800. The van der Waals surface area contributed by atoms with Crippen molar-refractivity contribution in [2.45, 2.75) is 25.7 Å². The molecule has 0 radical (unpaired) electrons. The number of aliphatic carboxylic acids is 1. The molecule has 0 aromatic heterocycles. The SMILES string of the molecule is NC(=O)CNCC1CCC(C(=O)O)CC1. The average Bonchev–Trinajstić information content (AvgIpc) is 2.18. The van der Waals surface area contributed by atoms with Gasteiger partial charge in [0.15, 0.2) is 0 Å². The number of primary amides is 1. The second-order valence-corrected chi connectivity index (χ2v) is 4.15.